The third-order valence-electron chi connectivity index (χ3n) is 6.57. The minimum absolute atomic E-state index is 0.127. The number of nitrogens with zero attached hydrogens (tertiary/aromatic N) is 4. The van der Waals surface area contributed by atoms with Gasteiger partial charge in [0.25, 0.3) is 5.91 Å². The minimum atomic E-state index is -4.39. The lowest BCUT2D eigenvalue weighted by Crippen LogP contribution is -2.43. The van der Waals surface area contributed by atoms with Gasteiger partial charge in [-0.15, -0.1) is 0 Å². The number of rotatable bonds is 6. The topological polar surface area (TPSA) is 84.3 Å². The molecule has 8 nitrogen and oxygen atoms in total. The van der Waals surface area contributed by atoms with Crippen LogP contribution < -0.4 is 15.4 Å². The number of benzene rings is 2. The maximum atomic E-state index is 12.8. The van der Waals surface area contributed by atoms with Crippen molar-refractivity contribution in [2.45, 2.75) is 25.1 Å². The second-order valence-corrected chi connectivity index (χ2v) is 9.37. The smallest absolute Gasteiger partial charge is 0.416 e. The molecule has 3 heterocycles. The van der Waals surface area contributed by atoms with Crippen molar-refractivity contribution in [1.29, 1.82) is 0 Å². The van der Waals surface area contributed by atoms with E-state index in [9.17, 15) is 18.0 Å². The molecule has 2 aromatic carbocycles. The average molecular weight is 525 g/mol. The van der Waals surface area contributed by atoms with Gasteiger partial charge < -0.3 is 24.8 Å². The van der Waals surface area contributed by atoms with Crippen LogP contribution in [-0.4, -0.2) is 51.5 Å². The van der Waals surface area contributed by atoms with E-state index < -0.39 is 11.7 Å². The molecular formula is C27H27F3N6O2. The molecule has 0 spiro atoms. The quantitative estimate of drug-likeness (QED) is 0.354. The predicted molar refractivity (Wildman–Crippen MR) is 138 cm³/mol. The molecule has 198 valence electrons. The number of hydrogen-bond donors (Lipinski definition) is 2. The zero-order valence-corrected chi connectivity index (χ0v) is 20.9. The van der Waals surface area contributed by atoms with Crippen molar-refractivity contribution < 1.29 is 22.7 Å². The fraction of sp³-hybridized carbons (Fsp3) is 0.296. The van der Waals surface area contributed by atoms with Crippen molar-refractivity contribution in [3.05, 3.63) is 72.1 Å². The maximum Gasteiger partial charge on any atom is 0.416 e. The predicted octanol–water partition coefficient (Wildman–Crippen LogP) is 5.35. The van der Waals surface area contributed by atoms with Crippen molar-refractivity contribution in [3.8, 4) is 11.5 Å². The summed E-state index contributed by atoms with van der Waals surface area (Å²) in [5.41, 5.74) is 1.49. The summed E-state index contributed by atoms with van der Waals surface area (Å²) >= 11 is 0. The van der Waals surface area contributed by atoms with Crippen LogP contribution in [0.5, 0.6) is 11.5 Å². The lowest BCUT2D eigenvalue weighted by atomic mass is 10.1. The molecule has 1 fully saturated rings. The first-order valence-electron chi connectivity index (χ1n) is 12.2. The Bertz CT molecular complexity index is 1440. The number of imidazole rings is 1. The number of amides is 1. The number of anilines is 2. The fourth-order valence-electron chi connectivity index (χ4n) is 4.37. The normalized spacial score (nSPS) is 15.0. The number of piperidine rings is 1. The molecule has 1 aliphatic heterocycles. The molecule has 1 amide bonds. The van der Waals surface area contributed by atoms with Gasteiger partial charge in [-0.2, -0.15) is 13.2 Å². The maximum absolute atomic E-state index is 12.8. The second-order valence-electron chi connectivity index (χ2n) is 9.37. The van der Waals surface area contributed by atoms with Crippen molar-refractivity contribution in [2.24, 2.45) is 7.05 Å². The van der Waals surface area contributed by atoms with Gasteiger partial charge in [0.05, 0.1) is 16.6 Å². The van der Waals surface area contributed by atoms with Gasteiger partial charge >= 0.3 is 6.18 Å². The number of fused-ring (bicyclic) bond motifs is 1. The Labute approximate surface area is 217 Å². The SMILES string of the molecule is CN1CCC(NC(=O)c2cc(Oc3ccc4c(c3)nc(Nc3ccc(C(F)(F)F)cc3)n4C)ccn2)CC1. The molecular weight excluding hydrogens is 497 g/mol. The molecule has 11 heteroatoms. The van der Waals surface area contributed by atoms with Crippen LogP contribution in [0.1, 0.15) is 28.9 Å². The summed E-state index contributed by atoms with van der Waals surface area (Å²) in [5.74, 6) is 1.22. The molecule has 0 aliphatic carbocycles. The molecule has 1 aliphatic rings. The minimum Gasteiger partial charge on any atom is -0.457 e. The van der Waals surface area contributed by atoms with E-state index in [0.29, 0.717) is 28.7 Å². The van der Waals surface area contributed by atoms with E-state index in [1.54, 1.807) is 35.9 Å². The Kier molecular flexibility index (Phi) is 6.94. The highest BCUT2D eigenvalue weighted by atomic mass is 19.4. The first kappa shape index (κ1) is 25.5. The lowest BCUT2D eigenvalue weighted by Gasteiger charge is -2.29. The Morgan fingerprint density at radius 3 is 2.42 bits per heavy atom. The van der Waals surface area contributed by atoms with Crippen LogP contribution in [0.25, 0.3) is 11.0 Å². The number of pyridine rings is 1. The molecule has 0 saturated carbocycles. The van der Waals surface area contributed by atoms with Crippen LogP contribution in [0.4, 0.5) is 24.8 Å². The number of nitrogens with one attached hydrogen (secondary N) is 2. The highest BCUT2D eigenvalue weighted by Gasteiger charge is 2.30. The van der Waals surface area contributed by atoms with Gasteiger partial charge in [0.15, 0.2) is 0 Å². The molecule has 5 rings (SSSR count). The average Bonchev–Trinajstić information content (AvgIpc) is 3.19. The largest absolute Gasteiger partial charge is 0.457 e. The lowest BCUT2D eigenvalue weighted by molar-refractivity contribution is -0.137. The molecule has 4 aromatic rings. The molecule has 2 aromatic heterocycles. The Balaban J connectivity index is 1.28. The van der Waals surface area contributed by atoms with Gasteiger partial charge in [0.2, 0.25) is 5.95 Å². The van der Waals surface area contributed by atoms with E-state index in [-0.39, 0.29) is 17.6 Å². The summed E-state index contributed by atoms with van der Waals surface area (Å²) in [5, 5.41) is 6.10. The summed E-state index contributed by atoms with van der Waals surface area (Å²) in [6.07, 6.45) is -1.06. The summed E-state index contributed by atoms with van der Waals surface area (Å²) in [6, 6.07) is 13.5. The van der Waals surface area contributed by atoms with Gasteiger partial charge in [-0.25, -0.2) is 4.98 Å². The number of carbonyl (C=O) groups is 1. The molecule has 1 saturated heterocycles. The highest BCUT2D eigenvalue weighted by molar-refractivity contribution is 5.92. The summed E-state index contributed by atoms with van der Waals surface area (Å²) in [7, 11) is 3.87. The monoisotopic (exact) mass is 524 g/mol. The number of hydrogen-bond acceptors (Lipinski definition) is 6. The second kappa shape index (κ2) is 10.3. The van der Waals surface area contributed by atoms with E-state index in [4.69, 9.17) is 4.74 Å². The highest BCUT2D eigenvalue weighted by Crippen LogP contribution is 2.31. The molecule has 0 unspecified atom stereocenters. The number of aromatic nitrogens is 3. The fourth-order valence-corrected chi connectivity index (χ4v) is 4.37. The Hall–Kier alpha value is -4.12. The summed E-state index contributed by atoms with van der Waals surface area (Å²) < 4.78 is 46.3. The first-order valence-corrected chi connectivity index (χ1v) is 12.2. The molecule has 0 radical (unpaired) electrons. The third kappa shape index (κ3) is 5.72. The van der Waals surface area contributed by atoms with Crippen molar-refractivity contribution in [3.63, 3.8) is 0 Å². The number of halogens is 3. The molecule has 0 bridgehead atoms. The van der Waals surface area contributed by atoms with E-state index in [1.807, 2.05) is 6.07 Å². The molecule has 2 N–H and O–H groups in total. The van der Waals surface area contributed by atoms with Crippen molar-refractivity contribution in [1.82, 2.24) is 24.8 Å². The van der Waals surface area contributed by atoms with Gasteiger partial charge in [0.1, 0.15) is 17.2 Å². The summed E-state index contributed by atoms with van der Waals surface area (Å²) in [4.78, 5) is 23.7. The van der Waals surface area contributed by atoms with Crippen LogP contribution in [0, 0.1) is 0 Å². The van der Waals surface area contributed by atoms with E-state index >= 15 is 0 Å². The number of carbonyl (C=O) groups excluding carboxylic acids is 1. The molecule has 0 atom stereocenters. The number of alkyl halides is 3. The zero-order chi connectivity index (χ0) is 26.9. The number of aryl methyl sites for hydroxylation is 1. The molecule has 38 heavy (non-hydrogen) atoms. The number of ether oxygens (including phenoxy) is 1. The van der Waals surface area contributed by atoms with Crippen LogP contribution in [-0.2, 0) is 13.2 Å². The van der Waals surface area contributed by atoms with Gasteiger partial charge in [-0.1, -0.05) is 0 Å². The summed E-state index contributed by atoms with van der Waals surface area (Å²) in [6.45, 7) is 1.89. The van der Waals surface area contributed by atoms with Gasteiger partial charge in [-0.3, -0.25) is 9.78 Å². The number of likely N-dealkylation sites (tertiary alicyclic amines) is 1. The standard InChI is InChI=1S/C27H27F3N6O2/c1-35-13-10-19(11-14-35)32-25(37)23-16-21(9-12-31-23)38-20-7-8-24-22(15-20)34-26(36(24)2)33-18-5-3-17(4-6-18)27(28,29)30/h3-9,12,15-16,19H,10-11,13-14H2,1-2H3,(H,32,37)(H,33,34). The third-order valence-corrected chi connectivity index (χ3v) is 6.57. The van der Waals surface area contributed by atoms with Crippen LogP contribution >= 0.6 is 0 Å². The van der Waals surface area contributed by atoms with Gasteiger partial charge in [0, 0.05) is 37.1 Å². The first-order chi connectivity index (χ1) is 18.2. The van der Waals surface area contributed by atoms with E-state index in [2.05, 4.69) is 32.5 Å². The van der Waals surface area contributed by atoms with Crippen molar-refractivity contribution in [2.75, 3.05) is 25.5 Å². The Morgan fingerprint density at radius 2 is 1.71 bits per heavy atom. The zero-order valence-electron chi connectivity index (χ0n) is 20.9. The van der Waals surface area contributed by atoms with Crippen LogP contribution in [0.3, 0.4) is 0 Å². The van der Waals surface area contributed by atoms with E-state index in [1.165, 1.54) is 18.3 Å². The van der Waals surface area contributed by atoms with Crippen LogP contribution in [0.2, 0.25) is 0 Å². The van der Waals surface area contributed by atoms with Crippen LogP contribution in [0.15, 0.2) is 60.8 Å². The van der Waals surface area contributed by atoms with Gasteiger partial charge in [-0.05, 0) is 75.4 Å². The van der Waals surface area contributed by atoms with E-state index in [0.717, 1.165) is 43.6 Å². The van der Waals surface area contributed by atoms with Crippen molar-refractivity contribution >= 4 is 28.6 Å². The Morgan fingerprint density at radius 1 is 1.00 bits per heavy atom.